The predicted molar refractivity (Wildman–Crippen MR) is 42.4 cm³/mol. The van der Waals surface area contributed by atoms with Gasteiger partial charge < -0.3 is 16.6 Å². The summed E-state index contributed by atoms with van der Waals surface area (Å²) in [5.74, 6) is -2.03. The van der Waals surface area contributed by atoms with Crippen LogP contribution in [0.1, 0.15) is 0 Å². The van der Waals surface area contributed by atoms with Crippen molar-refractivity contribution in [2.45, 2.75) is 5.54 Å². The normalized spacial score (nSPS) is 15.5. The van der Waals surface area contributed by atoms with Gasteiger partial charge in [0.05, 0.1) is 5.33 Å². The van der Waals surface area contributed by atoms with Crippen LogP contribution in [0, 0.1) is 0 Å². The van der Waals surface area contributed by atoms with E-state index in [0.717, 1.165) is 0 Å². The predicted octanol–water partition coefficient (Wildman–Crippen LogP) is -1.31. The summed E-state index contributed by atoms with van der Waals surface area (Å²) in [7, 11) is 0. The molecule has 64 valence electrons. The summed E-state index contributed by atoms with van der Waals surface area (Å²) in [6, 6.07) is 0. The van der Waals surface area contributed by atoms with Gasteiger partial charge in [0.2, 0.25) is 0 Å². The number of carboxylic acid groups (broad SMARTS) is 1. The van der Waals surface area contributed by atoms with Gasteiger partial charge in [-0.25, -0.2) is 4.79 Å². The average molecular weight is 225 g/mol. The first-order valence-corrected chi connectivity index (χ1v) is 3.92. The smallest absolute Gasteiger partial charge is 0.332 e. The third-order valence-corrected chi connectivity index (χ3v) is 1.83. The Bertz CT molecular complexity index is 185. The van der Waals surface area contributed by atoms with E-state index in [1.807, 2.05) is 0 Å². The first-order chi connectivity index (χ1) is 4.99. The van der Waals surface area contributed by atoms with Crippen LogP contribution < -0.4 is 11.5 Å². The molecule has 6 heteroatoms. The third-order valence-electron chi connectivity index (χ3n) is 1.32. The molecular weight excluding hydrogens is 216 g/mol. The second-order valence-corrected chi connectivity index (χ2v) is 2.60. The van der Waals surface area contributed by atoms with Crippen LogP contribution in [-0.4, -0.2) is 34.3 Å². The number of hydrogen-bond acceptors (Lipinski definition) is 4. The molecule has 0 amide bonds. The number of halogens is 1. The Kier molecular flexibility index (Phi) is 3.64. The van der Waals surface area contributed by atoms with Crippen molar-refractivity contribution in [3.63, 3.8) is 0 Å². The van der Waals surface area contributed by atoms with Gasteiger partial charge in [0.15, 0.2) is 11.3 Å². The molecule has 5 N–H and O–H groups in total. The molecule has 0 rings (SSSR count). The van der Waals surface area contributed by atoms with Gasteiger partial charge >= 0.3 is 5.97 Å². The molecule has 1 atom stereocenters. The Morgan fingerprint density at radius 1 is 1.55 bits per heavy atom. The van der Waals surface area contributed by atoms with E-state index in [1.54, 1.807) is 0 Å². The van der Waals surface area contributed by atoms with Gasteiger partial charge in [0, 0.05) is 6.54 Å². The average Bonchev–Trinajstić information content (AvgIpc) is 2.01. The van der Waals surface area contributed by atoms with Crippen LogP contribution in [0.2, 0.25) is 0 Å². The van der Waals surface area contributed by atoms with E-state index >= 15 is 0 Å². The van der Waals surface area contributed by atoms with Crippen LogP contribution in [0.25, 0.3) is 0 Å². The molecule has 0 bridgehead atoms. The SMILES string of the molecule is NCC(N)(C(=O)O)C(=O)CBr. The van der Waals surface area contributed by atoms with Crippen molar-refractivity contribution in [1.82, 2.24) is 0 Å². The van der Waals surface area contributed by atoms with E-state index < -0.39 is 23.8 Å². The Labute approximate surface area is 71.9 Å². The molecule has 0 aliphatic carbocycles. The number of rotatable bonds is 4. The topological polar surface area (TPSA) is 106 Å². The summed E-state index contributed by atoms with van der Waals surface area (Å²) in [6.07, 6.45) is 0. The number of nitrogens with two attached hydrogens (primary N) is 2. The highest BCUT2D eigenvalue weighted by Crippen LogP contribution is 2.02. The lowest BCUT2D eigenvalue weighted by molar-refractivity contribution is -0.147. The van der Waals surface area contributed by atoms with Gasteiger partial charge in [0.1, 0.15) is 0 Å². The van der Waals surface area contributed by atoms with E-state index in [1.165, 1.54) is 0 Å². The van der Waals surface area contributed by atoms with Crippen molar-refractivity contribution < 1.29 is 14.7 Å². The van der Waals surface area contributed by atoms with Gasteiger partial charge in [-0.3, -0.25) is 4.79 Å². The molecule has 0 aromatic heterocycles. The molecule has 0 spiro atoms. The Hall–Kier alpha value is -0.460. The molecule has 0 radical (unpaired) electrons. The summed E-state index contributed by atoms with van der Waals surface area (Å²) in [5.41, 5.74) is 8.29. The molecule has 0 aliphatic rings. The summed E-state index contributed by atoms with van der Waals surface area (Å²) >= 11 is 2.81. The number of hydrogen-bond donors (Lipinski definition) is 3. The lowest BCUT2D eigenvalue weighted by Gasteiger charge is -2.19. The lowest BCUT2D eigenvalue weighted by atomic mass is 9.97. The second-order valence-electron chi connectivity index (χ2n) is 2.04. The van der Waals surface area contributed by atoms with E-state index in [9.17, 15) is 9.59 Å². The van der Waals surface area contributed by atoms with Crippen molar-refractivity contribution in [2.75, 3.05) is 11.9 Å². The van der Waals surface area contributed by atoms with Crippen LogP contribution >= 0.6 is 15.9 Å². The first kappa shape index (κ1) is 10.5. The fraction of sp³-hybridized carbons (Fsp3) is 0.600. The maximum atomic E-state index is 10.9. The molecule has 0 aromatic rings. The fourth-order valence-electron chi connectivity index (χ4n) is 0.440. The molecule has 0 aliphatic heterocycles. The zero-order valence-electron chi connectivity index (χ0n) is 5.71. The number of aliphatic carboxylic acids is 1. The van der Waals surface area contributed by atoms with Gasteiger partial charge in [-0.2, -0.15) is 0 Å². The van der Waals surface area contributed by atoms with Crippen molar-refractivity contribution in [2.24, 2.45) is 11.5 Å². The Morgan fingerprint density at radius 3 is 2.09 bits per heavy atom. The minimum atomic E-state index is -1.94. The van der Waals surface area contributed by atoms with E-state index in [2.05, 4.69) is 15.9 Å². The summed E-state index contributed by atoms with van der Waals surface area (Å²) in [6.45, 7) is -0.396. The van der Waals surface area contributed by atoms with Crippen molar-refractivity contribution in [3.05, 3.63) is 0 Å². The highest BCUT2D eigenvalue weighted by atomic mass is 79.9. The molecule has 0 saturated heterocycles. The van der Waals surface area contributed by atoms with Crippen LogP contribution in [0.3, 0.4) is 0 Å². The van der Waals surface area contributed by atoms with Crippen molar-refractivity contribution in [1.29, 1.82) is 0 Å². The molecule has 1 unspecified atom stereocenters. The fourth-order valence-corrected chi connectivity index (χ4v) is 0.940. The summed E-state index contributed by atoms with van der Waals surface area (Å²) in [4.78, 5) is 21.3. The highest BCUT2D eigenvalue weighted by molar-refractivity contribution is 9.09. The largest absolute Gasteiger partial charge is 0.479 e. The molecule has 0 fully saturated rings. The van der Waals surface area contributed by atoms with Crippen LogP contribution in [0.4, 0.5) is 0 Å². The number of carboxylic acids is 1. The van der Waals surface area contributed by atoms with Gasteiger partial charge in [0.25, 0.3) is 0 Å². The lowest BCUT2D eigenvalue weighted by Crippen LogP contribution is -2.60. The van der Waals surface area contributed by atoms with Crippen molar-refractivity contribution in [3.8, 4) is 0 Å². The molecule has 0 saturated carbocycles. The van der Waals surface area contributed by atoms with E-state index in [4.69, 9.17) is 16.6 Å². The Morgan fingerprint density at radius 2 is 2.00 bits per heavy atom. The summed E-state index contributed by atoms with van der Waals surface area (Å²) in [5, 5.41) is 8.38. The van der Waals surface area contributed by atoms with E-state index in [0.29, 0.717) is 0 Å². The quantitative estimate of drug-likeness (QED) is 0.407. The minimum absolute atomic E-state index is 0.104. The van der Waals surface area contributed by atoms with Gasteiger partial charge in [-0.1, -0.05) is 15.9 Å². The molecule has 5 nitrogen and oxygen atoms in total. The molecule has 0 heterocycles. The van der Waals surface area contributed by atoms with Crippen LogP contribution in [-0.2, 0) is 9.59 Å². The minimum Gasteiger partial charge on any atom is -0.479 e. The second kappa shape index (κ2) is 3.80. The molecule has 0 aromatic carbocycles. The number of carbonyl (C=O) groups excluding carboxylic acids is 1. The number of ketones is 1. The zero-order chi connectivity index (χ0) is 9.07. The van der Waals surface area contributed by atoms with Crippen LogP contribution in [0.5, 0.6) is 0 Å². The molecular formula is C5H9BrN2O3. The highest BCUT2D eigenvalue weighted by Gasteiger charge is 2.39. The van der Waals surface area contributed by atoms with E-state index in [-0.39, 0.29) is 5.33 Å². The maximum absolute atomic E-state index is 10.9. The van der Waals surface area contributed by atoms with Crippen molar-refractivity contribution >= 4 is 27.7 Å². The third kappa shape index (κ3) is 1.98. The van der Waals surface area contributed by atoms with Crippen LogP contribution in [0.15, 0.2) is 0 Å². The number of Topliss-reactive ketones (excluding diaryl/α,β-unsaturated/α-hetero) is 1. The zero-order valence-corrected chi connectivity index (χ0v) is 7.30. The Balaban J connectivity index is 4.59. The number of alkyl halides is 1. The van der Waals surface area contributed by atoms with Gasteiger partial charge in [-0.05, 0) is 0 Å². The standard InChI is InChI=1S/C5H9BrN2O3/c6-1-3(9)5(8,2-7)4(10)11/h1-2,7-8H2,(H,10,11). The maximum Gasteiger partial charge on any atom is 0.332 e. The summed E-state index contributed by atoms with van der Waals surface area (Å²) < 4.78 is 0. The number of carbonyl (C=O) groups is 2. The molecule has 11 heavy (non-hydrogen) atoms. The monoisotopic (exact) mass is 224 g/mol. The van der Waals surface area contributed by atoms with Gasteiger partial charge in [-0.15, -0.1) is 0 Å². The first-order valence-electron chi connectivity index (χ1n) is 2.80.